The van der Waals surface area contributed by atoms with Gasteiger partial charge in [-0.05, 0) is 32.4 Å². The van der Waals surface area contributed by atoms with Crippen molar-refractivity contribution in [1.82, 2.24) is 5.32 Å². The Bertz CT molecular complexity index is 218. The first kappa shape index (κ1) is 11.9. The molecule has 14 heavy (non-hydrogen) atoms. The van der Waals surface area contributed by atoms with Gasteiger partial charge in [0.25, 0.3) is 0 Å². The molecule has 2 atom stereocenters. The van der Waals surface area contributed by atoms with Crippen molar-refractivity contribution in [3.8, 4) is 0 Å². The van der Waals surface area contributed by atoms with E-state index < -0.39 is 5.54 Å². The van der Waals surface area contributed by atoms with E-state index in [9.17, 15) is 4.79 Å². The summed E-state index contributed by atoms with van der Waals surface area (Å²) in [5.74, 6) is 0.955. The maximum atomic E-state index is 11.2. The van der Waals surface area contributed by atoms with Gasteiger partial charge in [-0.3, -0.25) is 10.1 Å². The molecule has 0 aromatic rings. The number of carbonyl (C=O) groups is 1. The zero-order chi connectivity index (χ0) is 10.8. The van der Waals surface area contributed by atoms with Crippen LogP contribution in [-0.2, 0) is 4.79 Å². The molecule has 1 aliphatic heterocycles. The third kappa shape index (κ3) is 2.89. The van der Waals surface area contributed by atoms with Crippen LogP contribution in [0.3, 0.4) is 0 Å². The lowest BCUT2D eigenvalue weighted by Gasteiger charge is -2.35. The number of carbonyl (C=O) groups excluding carboxylic acids is 1. The van der Waals surface area contributed by atoms with Gasteiger partial charge in [-0.15, -0.1) is 0 Å². The maximum Gasteiger partial charge on any atom is 0.237 e. The summed E-state index contributed by atoms with van der Waals surface area (Å²) < 4.78 is 0. The van der Waals surface area contributed by atoms with E-state index in [2.05, 4.69) is 12.2 Å². The topological polar surface area (TPSA) is 55.1 Å². The Morgan fingerprint density at radius 3 is 2.71 bits per heavy atom. The van der Waals surface area contributed by atoms with E-state index in [4.69, 9.17) is 5.73 Å². The van der Waals surface area contributed by atoms with E-state index in [1.807, 2.05) is 25.6 Å². The van der Waals surface area contributed by atoms with E-state index in [-0.39, 0.29) is 5.91 Å². The number of thioether (sulfide) groups is 1. The lowest BCUT2D eigenvalue weighted by molar-refractivity contribution is -0.123. The Hall–Kier alpha value is -0.220. The Balaban J connectivity index is 2.53. The molecule has 0 spiro atoms. The van der Waals surface area contributed by atoms with Crippen LogP contribution in [0.2, 0.25) is 0 Å². The molecule has 0 aliphatic carbocycles. The third-order valence-corrected chi connectivity index (χ3v) is 4.15. The summed E-state index contributed by atoms with van der Waals surface area (Å²) >= 11 is 1.96. The SMILES string of the molecule is CC1SCCCC1NC(C)(C)C(N)=O. The van der Waals surface area contributed by atoms with Crippen molar-refractivity contribution >= 4 is 17.7 Å². The Kier molecular flexibility index (Phi) is 3.84. The first-order valence-electron chi connectivity index (χ1n) is 5.12. The van der Waals surface area contributed by atoms with Gasteiger partial charge in [0.1, 0.15) is 0 Å². The molecule has 1 heterocycles. The average molecular weight is 216 g/mol. The van der Waals surface area contributed by atoms with Gasteiger partial charge < -0.3 is 5.73 Å². The largest absolute Gasteiger partial charge is 0.368 e. The van der Waals surface area contributed by atoms with Crippen LogP contribution in [0.1, 0.15) is 33.6 Å². The lowest BCUT2D eigenvalue weighted by atomic mass is 9.99. The summed E-state index contributed by atoms with van der Waals surface area (Å²) in [7, 11) is 0. The second-order valence-corrected chi connectivity index (χ2v) is 5.94. The minimum Gasteiger partial charge on any atom is -0.368 e. The van der Waals surface area contributed by atoms with Crippen molar-refractivity contribution in [3.63, 3.8) is 0 Å². The van der Waals surface area contributed by atoms with Crippen LogP contribution in [-0.4, -0.2) is 28.5 Å². The number of hydrogen-bond donors (Lipinski definition) is 2. The number of nitrogens with two attached hydrogens (primary N) is 1. The minimum absolute atomic E-state index is 0.278. The molecule has 4 heteroatoms. The number of nitrogens with one attached hydrogen (secondary N) is 1. The highest BCUT2D eigenvalue weighted by atomic mass is 32.2. The molecule has 1 saturated heterocycles. The molecule has 0 bridgehead atoms. The zero-order valence-electron chi connectivity index (χ0n) is 9.17. The Morgan fingerprint density at radius 1 is 1.57 bits per heavy atom. The van der Waals surface area contributed by atoms with Crippen molar-refractivity contribution in [3.05, 3.63) is 0 Å². The van der Waals surface area contributed by atoms with Crippen molar-refractivity contribution in [2.24, 2.45) is 5.73 Å². The quantitative estimate of drug-likeness (QED) is 0.743. The van der Waals surface area contributed by atoms with Crippen LogP contribution < -0.4 is 11.1 Å². The van der Waals surface area contributed by atoms with Crippen molar-refractivity contribution < 1.29 is 4.79 Å². The molecule has 0 radical (unpaired) electrons. The predicted molar refractivity (Wildman–Crippen MR) is 61.4 cm³/mol. The van der Waals surface area contributed by atoms with Crippen LogP contribution in [0.15, 0.2) is 0 Å². The van der Waals surface area contributed by atoms with Crippen molar-refractivity contribution in [1.29, 1.82) is 0 Å². The number of rotatable bonds is 3. The van der Waals surface area contributed by atoms with Gasteiger partial charge in [0.2, 0.25) is 5.91 Å². The van der Waals surface area contributed by atoms with E-state index >= 15 is 0 Å². The van der Waals surface area contributed by atoms with Crippen LogP contribution in [0.5, 0.6) is 0 Å². The fourth-order valence-corrected chi connectivity index (χ4v) is 2.79. The fraction of sp³-hybridized carbons (Fsp3) is 0.900. The maximum absolute atomic E-state index is 11.2. The Labute approximate surface area is 90.2 Å². The molecule has 0 saturated carbocycles. The first-order valence-corrected chi connectivity index (χ1v) is 6.17. The summed E-state index contributed by atoms with van der Waals surface area (Å²) in [6, 6.07) is 0.413. The highest BCUT2D eigenvalue weighted by Gasteiger charge is 2.31. The van der Waals surface area contributed by atoms with E-state index in [1.54, 1.807) is 0 Å². The van der Waals surface area contributed by atoms with Gasteiger partial charge >= 0.3 is 0 Å². The van der Waals surface area contributed by atoms with Crippen LogP contribution >= 0.6 is 11.8 Å². The first-order chi connectivity index (χ1) is 6.43. The summed E-state index contributed by atoms with van der Waals surface area (Å²) in [4.78, 5) is 11.2. The molecule has 1 rings (SSSR count). The Morgan fingerprint density at radius 2 is 2.21 bits per heavy atom. The van der Waals surface area contributed by atoms with Crippen LogP contribution in [0, 0.1) is 0 Å². The van der Waals surface area contributed by atoms with Gasteiger partial charge in [0.15, 0.2) is 0 Å². The van der Waals surface area contributed by atoms with E-state index in [0.29, 0.717) is 11.3 Å². The van der Waals surface area contributed by atoms with Crippen LogP contribution in [0.4, 0.5) is 0 Å². The molecular weight excluding hydrogens is 196 g/mol. The monoisotopic (exact) mass is 216 g/mol. The molecule has 1 fully saturated rings. The van der Waals surface area contributed by atoms with Crippen molar-refractivity contribution in [2.75, 3.05) is 5.75 Å². The second-order valence-electron chi connectivity index (χ2n) is 4.46. The van der Waals surface area contributed by atoms with Gasteiger partial charge in [0, 0.05) is 11.3 Å². The highest BCUT2D eigenvalue weighted by molar-refractivity contribution is 7.99. The van der Waals surface area contributed by atoms with Gasteiger partial charge in [-0.1, -0.05) is 6.92 Å². The molecule has 3 N–H and O–H groups in total. The molecule has 82 valence electrons. The fourth-order valence-electron chi connectivity index (χ4n) is 1.65. The standard InChI is InChI=1S/C10H20N2OS/c1-7-8(5-4-6-14-7)12-10(2,3)9(11)13/h7-8,12H,4-6H2,1-3H3,(H2,11,13). The molecule has 3 nitrogen and oxygen atoms in total. The summed E-state index contributed by atoms with van der Waals surface area (Å²) in [6.45, 7) is 5.90. The average Bonchev–Trinajstić information content (AvgIpc) is 2.08. The molecule has 1 aliphatic rings. The predicted octanol–water partition coefficient (Wildman–Crippen LogP) is 1.12. The van der Waals surface area contributed by atoms with Crippen LogP contribution in [0.25, 0.3) is 0 Å². The number of primary amides is 1. The van der Waals surface area contributed by atoms with E-state index in [0.717, 1.165) is 6.42 Å². The summed E-state index contributed by atoms with van der Waals surface area (Å²) in [5, 5.41) is 3.92. The third-order valence-electron chi connectivity index (χ3n) is 2.77. The van der Waals surface area contributed by atoms with Gasteiger partial charge in [-0.25, -0.2) is 0 Å². The minimum atomic E-state index is -0.586. The summed E-state index contributed by atoms with van der Waals surface area (Å²) in [5.41, 5.74) is 4.74. The molecular formula is C10H20N2OS. The molecule has 0 aromatic heterocycles. The smallest absolute Gasteiger partial charge is 0.237 e. The lowest BCUT2D eigenvalue weighted by Crippen LogP contribution is -2.57. The van der Waals surface area contributed by atoms with Gasteiger partial charge in [0.05, 0.1) is 5.54 Å². The normalized spacial score (nSPS) is 28.8. The zero-order valence-corrected chi connectivity index (χ0v) is 9.99. The molecule has 2 unspecified atom stereocenters. The second kappa shape index (κ2) is 4.53. The number of amides is 1. The summed E-state index contributed by atoms with van der Waals surface area (Å²) in [6.07, 6.45) is 2.37. The van der Waals surface area contributed by atoms with Gasteiger partial charge in [-0.2, -0.15) is 11.8 Å². The van der Waals surface area contributed by atoms with E-state index in [1.165, 1.54) is 12.2 Å². The molecule has 0 aromatic carbocycles. The highest BCUT2D eigenvalue weighted by Crippen LogP contribution is 2.26. The molecule has 1 amide bonds. The number of hydrogen-bond acceptors (Lipinski definition) is 3. The van der Waals surface area contributed by atoms with Crippen molar-refractivity contribution in [2.45, 2.75) is 50.4 Å².